The van der Waals surface area contributed by atoms with E-state index >= 15 is 0 Å². The van der Waals surface area contributed by atoms with Gasteiger partial charge in [0, 0.05) is 51.9 Å². The van der Waals surface area contributed by atoms with Gasteiger partial charge >= 0.3 is 0 Å². The zero-order valence-corrected chi connectivity index (χ0v) is 43.7. The number of ketones is 2. The van der Waals surface area contributed by atoms with Crippen LogP contribution in [0.15, 0.2) is 0 Å². The molecule has 6 atom stereocenters. The van der Waals surface area contributed by atoms with Crippen LogP contribution >= 0.6 is 0 Å². The molecule has 0 aromatic heterocycles. The first-order valence-corrected chi connectivity index (χ1v) is 27.0. The van der Waals surface area contributed by atoms with Crippen LogP contribution in [-0.4, -0.2) is 134 Å². The largest absolute Gasteiger partial charge is 0.388 e. The molecule has 0 aliphatic rings. The van der Waals surface area contributed by atoms with Crippen molar-refractivity contribution in [2.45, 2.75) is 223 Å². The summed E-state index contributed by atoms with van der Waals surface area (Å²) < 4.78 is 0. The van der Waals surface area contributed by atoms with E-state index in [1.54, 1.807) is 0 Å². The molecular weight excluding hydrogens is 907 g/mol. The summed E-state index contributed by atoms with van der Waals surface area (Å²) in [6, 6.07) is -3.41. The Balaban J connectivity index is 3.95. The molecule has 0 aromatic rings. The van der Waals surface area contributed by atoms with Gasteiger partial charge in [-0.3, -0.25) is 39.6 Å². The highest BCUT2D eigenvalue weighted by Gasteiger charge is 2.18. The fourth-order valence-corrected chi connectivity index (χ4v) is 7.99. The van der Waals surface area contributed by atoms with Crippen LogP contribution in [0.5, 0.6) is 0 Å². The molecule has 0 spiro atoms. The molecule has 22 N–H and O–H groups in total. The molecule has 0 saturated carbocycles. The molecule has 4 amide bonds. The molecule has 0 heterocycles. The summed E-state index contributed by atoms with van der Waals surface area (Å²) in [6.07, 6.45) is 19.0. The Bertz CT molecular complexity index is 1400. The quantitative estimate of drug-likeness (QED) is 0.0234. The predicted octanol–water partition coefficient (Wildman–Crippen LogP) is 1.67. The highest BCUT2D eigenvalue weighted by atomic mass is 16.2. The molecule has 0 fully saturated rings. The van der Waals surface area contributed by atoms with Gasteiger partial charge in [-0.15, -0.1) is 0 Å². The molecule has 0 aliphatic carbocycles. The number of Topliss-reactive ketones (excluding diaryl/α,β-unsaturated/α-hetero) is 2. The van der Waals surface area contributed by atoms with E-state index in [-0.39, 0.29) is 46.9 Å². The Morgan fingerprint density at radius 1 is 0.366 bits per heavy atom. The van der Waals surface area contributed by atoms with Crippen molar-refractivity contribution in [2.75, 3.05) is 45.8 Å². The molecule has 21 nitrogen and oxygen atoms in total. The molecule has 0 radical (unpaired) electrons. The minimum Gasteiger partial charge on any atom is -0.388 e. The third-order valence-electron chi connectivity index (χ3n) is 12.8. The van der Waals surface area contributed by atoms with E-state index in [1.807, 2.05) is 0 Å². The first-order chi connectivity index (χ1) is 33.9. The fraction of sp³-hybridized carbons (Fsp3) is 0.840. The van der Waals surface area contributed by atoms with Crippen LogP contribution in [0.1, 0.15) is 187 Å². The Kier molecular flexibility index (Phi) is 40.9. The van der Waals surface area contributed by atoms with Crippen LogP contribution in [0, 0.1) is 10.8 Å². The number of nitrogens with one attached hydrogen (secondary N) is 6. The lowest BCUT2D eigenvalue weighted by Gasteiger charge is -2.21. The zero-order chi connectivity index (χ0) is 53.2. The van der Waals surface area contributed by atoms with Crippen molar-refractivity contribution in [3.63, 3.8) is 0 Å². The number of carbonyl (C=O) groups excluding carboxylic acids is 6. The zero-order valence-electron chi connectivity index (χ0n) is 43.7. The summed E-state index contributed by atoms with van der Waals surface area (Å²) in [7, 11) is 0. The van der Waals surface area contributed by atoms with Crippen molar-refractivity contribution >= 4 is 46.9 Å². The average Bonchev–Trinajstić information content (AvgIpc) is 3.33. The molecular formula is C50H101N15O6. The summed E-state index contributed by atoms with van der Waals surface area (Å²) in [5.74, 6) is -0.343. The van der Waals surface area contributed by atoms with E-state index in [1.165, 1.54) is 0 Å². The summed E-state index contributed by atoms with van der Waals surface area (Å²) in [4.78, 5) is 76.8. The van der Waals surface area contributed by atoms with Crippen molar-refractivity contribution in [2.24, 2.45) is 45.9 Å². The number of rotatable bonds is 49. The normalized spacial score (nSPS) is 13.9. The average molecular weight is 1010 g/mol. The minimum atomic E-state index is -0.611. The van der Waals surface area contributed by atoms with Gasteiger partial charge in [0.05, 0.1) is 47.9 Å². The first kappa shape index (κ1) is 66.9. The molecule has 0 aromatic carbocycles. The van der Waals surface area contributed by atoms with Crippen molar-refractivity contribution < 1.29 is 28.8 Å². The molecule has 71 heavy (non-hydrogen) atoms. The highest BCUT2D eigenvalue weighted by Crippen LogP contribution is 2.12. The number of amidine groups is 2. The molecule has 0 bridgehead atoms. The lowest BCUT2D eigenvalue weighted by Crippen LogP contribution is -2.42. The van der Waals surface area contributed by atoms with E-state index in [9.17, 15) is 28.8 Å². The van der Waals surface area contributed by atoms with E-state index in [0.29, 0.717) is 116 Å². The predicted molar refractivity (Wildman–Crippen MR) is 285 cm³/mol. The lowest BCUT2D eigenvalue weighted by atomic mass is 10.00. The second kappa shape index (κ2) is 43.5. The standard InChI is InChI=1S/C50H101N15O6/c1-2-65(35-19-33-63-49(70)41(55)23-7-3-11-27-43(66)37(51)21-15-17-31-61-47(68)39(53)25-9-5-13-29-45(57)58)36-20-34-64-50(71)42(56)24-8-4-12-28-44(67)38(52)22-16-18-32-62-48(69)40(54)26-10-6-14-30-46(59)60/h37-42H,2-36,51-56H2,1H3,(H3,57,58)(H3,59,60)(H,61,68)(H,62,69)(H,63,70)(H,64,71)/t37-,38-,39-,40-,41-,42-/m0/s1. The third kappa shape index (κ3) is 38.2. The highest BCUT2D eigenvalue weighted by molar-refractivity contribution is 5.85. The van der Waals surface area contributed by atoms with Gasteiger partial charge in [-0.2, -0.15) is 0 Å². The van der Waals surface area contributed by atoms with E-state index in [0.717, 1.165) is 110 Å². The fourth-order valence-electron chi connectivity index (χ4n) is 7.99. The number of amides is 4. The van der Waals surface area contributed by atoms with E-state index in [2.05, 4.69) is 33.1 Å². The maximum atomic E-state index is 12.6. The monoisotopic (exact) mass is 1010 g/mol. The number of carbonyl (C=O) groups is 6. The van der Waals surface area contributed by atoms with Crippen LogP contribution in [0.25, 0.3) is 0 Å². The maximum absolute atomic E-state index is 12.6. The Morgan fingerprint density at radius 3 is 0.901 bits per heavy atom. The SMILES string of the molecule is CCN(CCCNC(=O)[C@@H](N)CCCCCC(=O)[C@@H](N)CCCCNC(=O)[C@@H](N)CCCCCC(=N)N)CCCNC(=O)[C@@H](N)CCCCCC(=O)[C@@H](N)CCCCNC(=O)[C@@H](N)CCCCCC(=N)N. The number of unbranched alkanes of at least 4 members (excludes halogenated alkanes) is 10. The topological polar surface area (TPSA) is 410 Å². The number of hydrogen-bond donors (Lipinski definition) is 14. The van der Waals surface area contributed by atoms with Crippen LogP contribution in [-0.2, 0) is 28.8 Å². The number of nitrogens with zero attached hydrogens (tertiary/aromatic N) is 1. The van der Waals surface area contributed by atoms with Gasteiger partial charge in [0.25, 0.3) is 0 Å². The molecule has 0 rings (SSSR count). The Hall–Kier alpha value is -4.12. The second-order valence-electron chi connectivity index (χ2n) is 19.3. The van der Waals surface area contributed by atoms with Crippen molar-refractivity contribution in [1.82, 2.24) is 26.2 Å². The van der Waals surface area contributed by atoms with Crippen molar-refractivity contribution in [3.8, 4) is 0 Å². The molecule has 0 saturated heterocycles. The van der Waals surface area contributed by atoms with Crippen molar-refractivity contribution in [3.05, 3.63) is 0 Å². The Labute approximate surface area is 426 Å². The number of hydrogen-bond acceptors (Lipinski definition) is 15. The van der Waals surface area contributed by atoms with Crippen LogP contribution in [0.3, 0.4) is 0 Å². The lowest BCUT2D eigenvalue weighted by molar-refractivity contribution is -0.123. The second-order valence-corrected chi connectivity index (χ2v) is 19.3. The minimum absolute atomic E-state index is 0.0185. The number of nitrogens with two attached hydrogens (primary N) is 8. The van der Waals surface area contributed by atoms with E-state index in [4.69, 9.17) is 56.7 Å². The summed E-state index contributed by atoms with van der Waals surface area (Å²) in [5.41, 5.74) is 47.2. The maximum Gasteiger partial charge on any atom is 0.236 e. The van der Waals surface area contributed by atoms with Gasteiger partial charge in [-0.25, -0.2) is 0 Å². The summed E-state index contributed by atoms with van der Waals surface area (Å²) in [5, 5.41) is 26.1. The van der Waals surface area contributed by atoms with Crippen molar-refractivity contribution in [1.29, 1.82) is 10.8 Å². The molecule has 0 unspecified atom stereocenters. The summed E-state index contributed by atoms with van der Waals surface area (Å²) >= 11 is 0. The van der Waals surface area contributed by atoms with Gasteiger partial charge in [-0.05, 0) is 122 Å². The first-order valence-electron chi connectivity index (χ1n) is 27.0. The smallest absolute Gasteiger partial charge is 0.236 e. The van der Waals surface area contributed by atoms with Gasteiger partial charge in [0.1, 0.15) is 11.6 Å². The Morgan fingerprint density at radius 2 is 0.620 bits per heavy atom. The van der Waals surface area contributed by atoms with Gasteiger partial charge in [0.2, 0.25) is 23.6 Å². The van der Waals surface area contributed by atoms with E-state index < -0.39 is 36.3 Å². The van der Waals surface area contributed by atoms with Gasteiger partial charge in [0.15, 0.2) is 0 Å². The molecule has 0 aliphatic heterocycles. The molecule has 21 heteroatoms. The third-order valence-corrected chi connectivity index (χ3v) is 12.8. The molecule has 412 valence electrons. The van der Waals surface area contributed by atoms with Crippen LogP contribution < -0.4 is 67.1 Å². The van der Waals surface area contributed by atoms with Crippen LogP contribution in [0.4, 0.5) is 0 Å². The van der Waals surface area contributed by atoms with Gasteiger partial charge < -0.3 is 72.0 Å². The van der Waals surface area contributed by atoms with Gasteiger partial charge in [-0.1, -0.05) is 58.3 Å². The summed E-state index contributed by atoms with van der Waals surface area (Å²) in [6.45, 7) is 6.49. The van der Waals surface area contributed by atoms with Crippen LogP contribution in [0.2, 0.25) is 0 Å².